The van der Waals surface area contributed by atoms with Gasteiger partial charge in [-0.3, -0.25) is 9.69 Å². The van der Waals surface area contributed by atoms with Crippen molar-refractivity contribution in [2.45, 2.75) is 25.8 Å². The number of hydrogen-bond donors (Lipinski definition) is 1. The number of amides is 1. The molecular formula is C15H23N3O. The van der Waals surface area contributed by atoms with Crippen LogP contribution in [-0.4, -0.2) is 43.5 Å². The first kappa shape index (κ1) is 14.0. The molecule has 1 aliphatic rings. The normalized spacial score (nSPS) is 21.5. The van der Waals surface area contributed by atoms with Crippen LogP contribution in [0.3, 0.4) is 0 Å². The summed E-state index contributed by atoms with van der Waals surface area (Å²) in [4.78, 5) is 16.5. The smallest absolute Gasteiger partial charge is 0.245 e. The molecule has 1 aromatic carbocycles. The fraction of sp³-hybridized carbons (Fsp3) is 0.533. The van der Waals surface area contributed by atoms with E-state index in [1.54, 1.807) is 0 Å². The number of nitrogens with zero attached hydrogens (tertiary/aromatic N) is 2. The fourth-order valence-electron chi connectivity index (χ4n) is 2.56. The van der Waals surface area contributed by atoms with Gasteiger partial charge >= 0.3 is 0 Å². The molecule has 1 saturated heterocycles. The van der Waals surface area contributed by atoms with E-state index in [-0.39, 0.29) is 11.9 Å². The van der Waals surface area contributed by atoms with E-state index < -0.39 is 0 Å². The summed E-state index contributed by atoms with van der Waals surface area (Å²) >= 11 is 0. The van der Waals surface area contributed by atoms with Gasteiger partial charge in [0.15, 0.2) is 0 Å². The van der Waals surface area contributed by atoms with E-state index in [4.69, 9.17) is 5.73 Å². The zero-order chi connectivity index (χ0) is 13.8. The van der Waals surface area contributed by atoms with Crippen LogP contribution in [0.2, 0.25) is 0 Å². The number of anilines is 1. The number of hydrogen-bond acceptors (Lipinski definition) is 3. The number of aryl methyl sites for hydroxylation is 1. The third-order valence-electron chi connectivity index (χ3n) is 3.86. The molecule has 1 aliphatic heterocycles. The summed E-state index contributed by atoms with van der Waals surface area (Å²) in [6, 6.07) is 8.06. The predicted octanol–water partition coefficient (Wildman–Crippen LogP) is 1.24. The molecule has 19 heavy (non-hydrogen) atoms. The summed E-state index contributed by atoms with van der Waals surface area (Å²) in [5.74, 6) is 0.117. The van der Waals surface area contributed by atoms with Crippen molar-refractivity contribution in [2.75, 3.05) is 31.6 Å². The van der Waals surface area contributed by atoms with Gasteiger partial charge in [-0.2, -0.15) is 0 Å². The summed E-state index contributed by atoms with van der Waals surface area (Å²) in [5, 5.41) is 0. The molecule has 1 atom stereocenters. The highest BCUT2D eigenvalue weighted by Crippen LogP contribution is 2.20. The quantitative estimate of drug-likeness (QED) is 0.891. The third-order valence-corrected chi connectivity index (χ3v) is 3.86. The Labute approximate surface area is 115 Å². The van der Waals surface area contributed by atoms with Crippen LogP contribution in [0.4, 0.5) is 5.69 Å². The molecule has 0 aliphatic carbocycles. The molecule has 1 heterocycles. The van der Waals surface area contributed by atoms with E-state index in [1.165, 1.54) is 5.56 Å². The molecular weight excluding hydrogens is 238 g/mol. The zero-order valence-corrected chi connectivity index (χ0v) is 11.8. The van der Waals surface area contributed by atoms with E-state index in [1.807, 2.05) is 24.1 Å². The number of carbonyl (C=O) groups excluding carboxylic acids is 1. The molecule has 0 saturated carbocycles. The van der Waals surface area contributed by atoms with Crippen LogP contribution in [0.5, 0.6) is 0 Å². The molecule has 1 aromatic rings. The van der Waals surface area contributed by atoms with E-state index in [0.29, 0.717) is 6.54 Å². The van der Waals surface area contributed by atoms with Gasteiger partial charge in [0.1, 0.15) is 6.04 Å². The van der Waals surface area contributed by atoms with Crippen molar-refractivity contribution in [1.29, 1.82) is 0 Å². The molecule has 4 heteroatoms. The van der Waals surface area contributed by atoms with Gasteiger partial charge in [-0.25, -0.2) is 0 Å². The first-order valence-corrected chi connectivity index (χ1v) is 6.98. The predicted molar refractivity (Wildman–Crippen MR) is 78.3 cm³/mol. The average molecular weight is 261 g/mol. The van der Waals surface area contributed by atoms with Gasteiger partial charge in [-0.05, 0) is 37.6 Å². The molecule has 0 spiro atoms. The molecule has 2 N–H and O–H groups in total. The maximum absolute atomic E-state index is 12.5. The van der Waals surface area contributed by atoms with Crippen molar-refractivity contribution in [3.8, 4) is 0 Å². The summed E-state index contributed by atoms with van der Waals surface area (Å²) in [6.07, 6.45) is 2.00. The highest BCUT2D eigenvalue weighted by molar-refractivity contribution is 5.97. The highest BCUT2D eigenvalue weighted by Gasteiger charge is 2.30. The SMILES string of the molecule is CCc1ccc(N2CCCN(C)C(CN)C2=O)cc1. The number of rotatable bonds is 3. The Morgan fingerprint density at radius 3 is 2.53 bits per heavy atom. The highest BCUT2D eigenvalue weighted by atomic mass is 16.2. The molecule has 4 nitrogen and oxygen atoms in total. The second-order valence-corrected chi connectivity index (χ2v) is 5.10. The molecule has 1 fully saturated rings. The van der Waals surface area contributed by atoms with Gasteiger partial charge in [0.25, 0.3) is 0 Å². The van der Waals surface area contributed by atoms with Crippen LogP contribution in [0, 0.1) is 0 Å². The molecule has 0 aromatic heterocycles. The summed E-state index contributed by atoms with van der Waals surface area (Å²) in [6.45, 7) is 4.19. The van der Waals surface area contributed by atoms with E-state index in [9.17, 15) is 4.79 Å². The number of likely N-dealkylation sites (N-methyl/N-ethyl adjacent to an activating group) is 1. The largest absolute Gasteiger partial charge is 0.328 e. The Kier molecular flexibility index (Phi) is 4.56. The van der Waals surface area contributed by atoms with Gasteiger partial charge in [-0.15, -0.1) is 0 Å². The fourth-order valence-corrected chi connectivity index (χ4v) is 2.56. The lowest BCUT2D eigenvalue weighted by Gasteiger charge is -2.27. The van der Waals surface area contributed by atoms with Crippen molar-refractivity contribution < 1.29 is 4.79 Å². The van der Waals surface area contributed by atoms with Crippen LogP contribution in [0.15, 0.2) is 24.3 Å². The molecule has 2 rings (SSSR count). The molecule has 0 radical (unpaired) electrons. The van der Waals surface area contributed by atoms with Crippen LogP contribution in [0.1, 0.15) is 18.9 Å². The molecule has 104 valence electrons. The number of benzene rings is 1. The van der Waals surface area contributed by atoms with Crippen LogP contribution < -0.4 is 10.6 Å². The monoisotopic (exact) mass is 261 g/mol. The third kappa shape index (κ3) is 2.96. The van der Waals surface area contributed by atoms with Gasteiger partial charge < -0.3 is 10.6 Å². The Bertz CT molecular complexity index is 430. The Morgan fingerprint density at radius 1 is 1.26 bits per heavy atom. The minimum absolute atomic E-state index is 0.117. The van der Waals surface area contributed by atoms with Crippen molar-refractivity contribution in [2.24, 2.45) is 5.73 Å². The summed E-state index contributed by atoms with van der Waals surface area (Å²) in [5.41, 5.74) is 8.02. The van der Waals surface area contributed by atoms with Crippen molar-refractivity contribution in [3.63, 3.8) is 0 Å². The topological polar surface area (TPSA) is 49.6 Å². The maximum Gasteiger partial charge on any atom is 0.245 e. The maximum atomic E-state index is 12.5. The lowest BCUT2D eigenvalue weighted by atomic mass is 10.1. The number of nitrogens with two attached hydrogens (primary N) is 1. The summed E-state index contributed by atoms with van der Waals surface area (Å²) < 4.78 is 0. The second kappa shape index (κ2) is 6.17. The van der Waals surface area contributed by atoms with Crippen molar-refractivity contribution in [1.82, 2.24) is 4.90 Å². The molecule has 1 amide bonds. The van der Waals surface area contributed by atoms with Gasteiger partial charge in [-0.1, -0.05) is 19.1 Å². The lowest BCUT2D eigenvalue weighted by molar-refractivity contribution is -0.122. The second-order valence-electron chi connectivity index (χ2n) is 5.10. The Hall–Kier alpha value is -1.39. The molecule has 0 bridgehead atoms. The summed E-state index contributed by atoms with van der Waals surface area (Å²) in [7, 11) is 1.97. The standard InChI is InChI=1S/C15H23N3O/c1-3-12-5-7-13(8-6-12)18-10-4-9-17(2)14(11-16)15(18)19/h5-8,14H,3-4,9-11,16H2,1-2H3. The first-order chi connectivity index (χ1) is 9.17. The van der Waals surface area contributed by atoms with Gasteiger partial charge in [0, 0.05) is 25.3 Å². The minimum Gasteiger partial charge on any atom is -0.328 e. The van der Waals surface area contributed by atoms with E-state index in [2.05, 4.69) is 24.0 Å². The van der Waals surface area contributed by atoms with E-state index >= 15 is 0 Å². The van der Waals surface area contributed by atoms with Crippen LogP contribution >= 0.6 is 0 Å². The lowest BCUT2D eigenvalue weighted by Crippen LogP contribution is -2.48. The Morgan fingerprint density at radius 2 is 1.95 bits per heavy atom. The molecule has 1 unspecified atom stereocenters. The van der Waals surface area contributed by atoms with Crippen LogP contribution in [0.25, 0.3) is 0 Å². The van der Waals surface area contributed by atoms with Gasteiger partial charge in [0.2, 0.25) is 5.91 Å². The van der Waals surface area contributed by atoms with Crippen molar-refractivity contribution >= 4 is 11.6 Å². The van der Waals surface area contributed by atoms with Crippen molar-refractivity contribution in [3.05, 3.63) is 29.8 Å². The van der Waals surface area contributed by atoms with Gasteiger partial charge in [0.05, 0.1) is 0 Å². The Balaban J connectivity index is 2.23. The van der Waals surface area contributed by atoms with Crippen LogP contribution in [-0.2, 0) is 11.2 Å². The zero-order valence-electron chi connectivity index (χ0n) is 11.8. The number of carbonyl (C=O) groups is 1. The minimum atomic E-state index is -0.201. The first-order valence-electron chi connectivity index (χ1n) is 6.98. The van der Waals surface area contributed by atoms with E-state index in [0.717, 1.165) is 31.6 Å². The average Bonchev–Trinajstić information content (AvgIpc) is 2.57.